The van der Waals surface area contributed by atoms with Crippen LogP contribution in [0.15, 0.2) is 85.1 Å². The number of phosphoric acid groups is 1. The van der Waals surface area contributed by atoms with Crippen LogP contribution in [0.5, 0.6) is 0 Å². The number of aliphatic hydroxyl groups excluding tert-OH is 1. The molecule has 0 fully saturated rings. The first-order valence-corrected chi connectivity index (χ1v) is 24.1. The van der Waals surface area contributed by atoms with Crippen LogP contribution >= 0.6 is 7.82 Å². The third kappa shape index (κ3) is 41.4. The molecule has 0 aromatic carbocycles. The molecule has 3 atom stereocenters. The molecule has 342 valence electrons. The van der Waals surface area contributed by atoms with Crippen molar-refractivity contribution in [3.8, 4) is 0 Å². The zero-order valence-corrected chi connectivity index (χ0v) is 37.9. The molecule has 0 aromatic rings. The lowest BCUT2D eigenvalue weighted by Crippen LogP contribution is -2.43. The summed E-state index contributed by atoms with van der Waals surface area (Å²) in [6.45, 7) is 2.41. The first-order valence-electron chi connectivity index (χ1n) is 22.6. The van der Waals surface area contributed by atoms with Crippen molar-refractivity contribution in [3.63, 3.8) is 0 Å². The van der Waals surface area contributed by atoms with Crippen LogP contribution in [0.4, 0.5) is 0 Å². The highest BCUT2D eigenvalue weighted by molar-refractivity contribution is 7.47. The summed E-state index contributed by atoms with van der Waals surface area (Å²) in [5.41, 5.74) is 0. The van der Waals surface area contributed by atoms with Crippen LogP contribution < -0.4 is 5.32 Å². The van der Waals surface area contributed by atoms with Crippen LogP contribution in [-0.4, -0.2) is 64.9 Å². The number of carbonyl (C=O) groups excluding carboxylic acids is 2. The first-order chi connectivity index (χ1) is 29.1. The third-order valence-electron chi connectivity index (χ3n) is 9.17. The van der Waals surface area contributed by atoms with Crippen LogP contribution in [0.25, 0.3) is 0 Å². The van der Waals surface area contributed by atoms with Gasteiger partial charge in [-0.1, -0.05) is 150 Å². The Morgan fingerprint density at radius 2 is 0.967 bits per heavy atom. The summed E-state index contributed by atoms with van der Waals surface area (Å²) in [7, 11) is -4.77. The van der Waals surface area contributed by atoms with E-state index in [0.29, 0.717) is 12.8 Å². The molecule has 0 aliphatic carbocycles. The number of esters is 1. The summed E-state index contributed by atoms with van der Waals surface area (Å²) in [4.78, 5) is 46.0. The minimum absolute atomic E-state index is 0.117. The number of nitrogens with one attached hydrogen (secondary N) is 1. The average molecular weight is 862 g/mol. The van der Waals surface area contributed by atoms with Gasteiger partial charge in [-0.25, -0.2) is 9.36 Å². The smallest absolute Gasteiger partial charge is 0.472 e. The second kappa shape index (κ2) is 42.4. The normalized spacial score (nSPS) is 14.5. The third-order valence-corrected chi connectivity index (χ3v) is 10.1. The molecule has 12 heteroatoms. The molecule has 0 heterocycles. The van der Waals surface area contributed by atoms with Crippen molar-refractivity contribution in [1.29, 1.82) is 0 Å². The van der Waals surface area contributed by atoms with Gasteiger partial charge in [0.1, 0.15) is 12.7 Å². The number of amides is 1. The number of phosphoric ester groups is 1. The van der Waals surface area contributed by atoms with Gasteiger partial charge in [0.05, 0.1) is 13.2 Å². The Bertz CT molecular complexity index is 1340. The number of allylic oxidation sites excluding steroid dienone is 14. The van der Waals surface area contributed by atoms with Crippen molar-refractivity contribution in [2.75, 3.05) is 19.8 Å². The number of ether oxygens (including phenoxy) is 1. The SMILES string of the molecule is CC/C=C\C/C=C\C/C=C\C/C=C\C/C=C\CCCCCCCC(=O)NC(COP(=O)(O)OCC(O)COC(=O)CCCCCCC/C=C\C/C=C\CCCCC)C(=O)O. The van der Waals surface area contributed by atoms with E-state index in [2.05, 4.69) is 104 Å². The number of aliphatic hydroxyl groups is 1. The molecule has 0 aromatic heterocycles. The highest BCUT2D eigenvalue weighted by Gasteiger charge is 2.28. The molecule has 11 nitrogen and oxygen atoms in total. The van der Waals surface area contributed by atoms with Gasteiger partial charge < -0.3 is 25.2 Å². The van der Waals surface area contributed by atoms with E-state index >= 15 is 0 Å². The second-order valence-electron chi connectivity index (χ2n) is 14.9. The van der Waals surface area contributed by atoms with Crippen LogP contribution in [0.2, 0.25) is 0 Å². The van der Waals surface area contributed by atoms with Gasteiger partial charge in [-0.2, -0.15) is 0 Å². The maximum atomic E-state index is 12.3. The maximum absolute atomic E-state index is 12.3. The molecule has 60 heavy (non-hydrogen) atoms. The average Bonchev–Trinajstić information content (AvgIpc) is 3.22. The van der Waals surface area contributed by atoms with Gasteiger partial charge in [-0.3, -0.25) is 18.6 Å². The van der Waals surface area contributed by atoms with E-state index in [0.717, 1.165) is 109 Å². The van der Waals surface area contributed by atoms with E-state index in [-0.39, 0.29) is 12.8 Å². The molecular weight excluding hydrogens is 781 g/mol. The molecule has 3 unspecified atom stereocenters. The predicted molar refractivity (Wildman–Crippen MR) is 244 cm³/mol. The van der Waals surface area contributed by atoms with Gasteiger partial charge in [-0.15, -0.1) is 0 Å². The number of carboxylic acid groups (broad SMARTS) is 1. The fourth-order valence-electron chi connectivity index (χ4n) is 5.66. The van der Waals surface area contributed by atoms with Gasteiger partial charge in [0.15, 0.2) is 6.04 Å². The summed E-state index contributed by atoms with van der Waals surface area (Å²) >= 11 is 0. The van der Waals surface area contributed by atoms with Crippen molar-refractivity contribution in [3.05, 3.63) is 85.1 Å². The van der Waals surface area contributed by atoms with Crippen molar-refractivity contribution in [1.82, 2.24) is 5.32 Å². The fourth-order valence-corrected chi connectivity index (χ4v) is 6.44. The number of carbonyl (C=O) groups is 3. The number of hydrogen-bond acceptors (Lipinski definition) is 8. The molecule has 0 aliphatic heterocycles. The van der Waals surface area contributed by atoms with Crippen LogP contribution in [0, 0.1) is 0 Å². The minimum atomic E-state index is -4.77. The molecule has 0 bridgehead atoms. The molecule has 1 amide bonds. The maximum Gasteiger partial charge on any atom is 0.472 e. The van der Waals surface area contributed by atoms with E-state index in [1.165, 1.54) is 19.3 Å². The second-order valence-corrected chi connectivity index (χ2v) is 16.3. The van der Waals surface area contributed by atoms with E-state index < -0.39 is 57.6 Å². The lowest BCUT2D eigenvalue weighted by Gasteiger charge is -2.18. The molecule has 0 saturated carbocycles. The topological polar surface area (TPSA) is 169 Å². The summed E-state index contributed by atoms with van der Waals surface area (Å²) in [5.74, 6) is -2.43. The molecule has 0 spiro atoms. The number of unbranched alkanes of at least 4 members (excludes halogenated alkanes) is 13. The largest absolute Gasteiger partial charge is 0.480 e. The van der Waals surface area contributed by atoms with Gasteiger partial charge in [0.2, 0.25) is 5.91 Å². The standard InChI is InChI=1S/C48H80NO10P/c1-3-5-7-9-11-13-15-17-19-20-21-22-23-24-26-27-29-31-33-35-37-39-46(51)49-45(48(53)54)43-59-60(55,56)58-42-44(50)41-57-47(52)40-38-36-34-32-30-28-25-18-16-14-12-10-8-6-4-2/h5,7,11-14,17-19,21-22,24-26,44-45,50H,3-4,6,8-10,15-16,20,23,27-43H2,1-2H3,(H,49,51)(H,53,54)(H,55,56)/b7-5-,13-11-,14-12-,19-17-,22-21-,25-18-,26-24-. The fraction of sp³-hybridized carbons (Fsp3) is 0.646. The van der Waals surface area contributed by atoms with E-state index in [9.17, 15) is 34.1 Å². The summed E-state index contributed by atoms with van der Waals surface area (Å²) in [6, 6.07) is -1.56. The van der Waals surface area contributed by atoms with Crippen molar-refractivity contribution < 1.29 is 47.8 Å². The monoisotopic (exact) mass is 862 g/mol. The molecular formula is C48H80NO10P. The lowest BCUT2D eigenvalue weighted by atomic mass is 10.1. The minimum Gasteiger partial charge on any atom is -0.480 e. The Kier molecular flexibility index (Phi) is 40.0. The predicted octanol–water partition coefficient (Wildman–Crippen LogP) is 11.9. The Labute approximate surface area is 362 Å². The van der Waals surface area contributed by atoms with Crippen molar-refractivity contribution in [2.24, 2.45) is 0 Å². The van der Waals surface area contributed by atoms with Crippen molar-refractivity contribution >= 4 is 25.7 Å². The number of hydrogen-bond donors (Lipinski definition) is 4. The quantitative estimate of drug-likeness (QED) is 0.0201. The molecule has 0 aliphatic rings. The Morgan fingerprint density at radius 1 is 0.550 bits per heavy atom. The lowest BCUT2D eigenvalue weighted by molar-refractivity contribution is -0.147. The highest BCUT2D eigenvalue weighted by Crippen LogP contribution is 2.43. The molecule has 4 N–H and O–H groups in total. The zero-order chi connectivity index (χ0) is 44.2. The summed E-state index contributed by atoms with van der Waals surface area (Å²) < 4.78 is 26.8. The molecule has 0 saturated heterocycles. The van der Waals surface area contributed by atoms with Crippen molar-refractivity contribution in [2.45, 2.75) is 180 Å². The van der Waals surface area contributed by atoms with Gasteiger partial charge >= 0.3 is 19.8 Å². The van der Waals surface area contributed by atoms with Gasteiger partial charge in [-0.05, 0) is 89.9 Å². The van der Waals surface area contributed by atoms with Gasteiger partial charge in [0.25, 0.3) is 0 Å². The Hall–Kier alpha value is -3.34. The van der Waals surface area contributed by atoms with E-state index in [1.54, 1.807) is 0 Å². The number of rotatable bonds is 41. The summed E-state index contributed by atoms with van der Waals surface area (Å²) in [5, 5.41) is 21.8. The first kappa shape index (κ1) is 56.7. The van der Waals surface area contributed by atoms with E-state index in [4.69, 9.17) is 13.8 Å². The number of aliphatic carboxylic acids is 1. The zero-order valence-electron chi connectivity index (χ0n) is 37.0. The van der Waals surface area contributed by atoms with Crippen LogP contribution in [-0.2, 0) is 32.7 Å². The molecule has 0 radical (unpaired) electrons. The summed E-state index contributed by atoms with van der Waals surface area (Å²) in [6.07, 6.45) is 51.7. The van der Waals surface area contributed by atoms with Crippen LogP contribution in [0.3, 0.4) is 0 Å². The number of carboxylic acids is 1. The van der Waals surface area contributed by atoms with Crippen LogP contribution in [0.1, 0.15) is 168 Å². The highest BCUT2D eigenvalue weighted by atomic mass is 31.2. The Balaban J connectivity index is 3.97. The van der Waals surface area contributed by atoms with Gasteiger partial charge in [0, 0.05) is 12.8 Å². The van der Waals surface area contributed by atoms with E-state index in [1.807, 2.05) is 0 Å². The Morgan fingerprint density at radius 3 is 1.45 bits per heavy atom. The molecule has 0 rings (SSSR count).